The molecule has 0 aromatic heterocycles. The molecule has 0 spiro atoms. The molecule has 1 aromatic rings. The zero-order chi connectivity index (χ0) is 14.5. The van der Waals surface area contributed by atoms with Crippen molar-refractivity contribution in [1.29, 1.82) is 0 Å². The van der Waals surface area contributed by atoms with Crippen molar-refractivity contribution in [2.75, 3.05) is 0 Å². The summed E-state index contributed by atoms with van der Waals surface area (Å²) in [6.45, 7) is 0. The molecule has 1 aliphatic rings. The van der Waals surface area contributed by atoms with Gasteiger partial charge >= 0.3 is 0 Å². The van der Waals surface area contributed by atoms with Crippen molar-refractivity contribution >= 4 is 11.6 Å². The van der Waals surface area contributed by atoms with Crippen LogP contribution in [0.1, 0.15) is 43.6 Å². The second kappa shape index (κ2) is 7.16. The highest BCUT2D eigenvalue weighted by Gasteiger charge is 2.21. The first kappa shape index (κ1) is 15.4. The number of rotatable bonds is 4. The van der Waals surface area contributed by atoms with Crippen molar-refractivity contribution in [3.8, 4) is 0 Å². The summed E-state index contributed by atoms with van der Waals surface area (Å²) in [6.07, 6.45) is 4.92. The van der Waals surface area contributed by atoms with Crippen LogP contribution in [0.4, 0.5) is 13.2 Å². The summed E-state index contributed by atoms with van der Waals surface area (Å²) < 4.78 is 37.5. The lowest BCUT2D eigenvalue weighted by Crippen LogP contribution is -2.12. The van der Waals surface area contributed by atoms with Gasteiger partial charge in [-0.15, -0.1) is 0 Å². The molecule has 1 aliphatic carbocycles. The van der Waals surface area contributed by atoms with Crippen LogP contribution < -0.4 is 0 Å². The van der Waals surface area contributed by atoms with Gasteiger partial charge in [0.15, 0.2) is 0 Å². The van der Waals surface area contributed by atoms with Crippen molar-refractivity contribution in [2.45, 2.75) is 44.4 Å². The quantitative estimate of drug-likeness (QED) is 0.602. The molecule has 1 fully saturated rings. The first-order valence-electron chi connectivity index (χ1n) is 6.96. The highest BCUT2D eigenvalue weighted by molar-refractivity contribution is 6.30. The average Bonchev–Trinajstić information content (AvgIpc) is 2.42. The SMILES string of the molecule is Fc1cc([C@H]2CC[C@H](C=CCC(F)F)CC2)ccc1Cl. The van der Waals surface area contributed by atoms with E-state index >= 15 is 0 Å². The first-order valence-corrected chi connectivity index (χ1v) is 7.34. The number of allylic oxidation sites excluding steroid dienone is 2. The largest absolute Gasteiger partial charge is 0.242 e. The Labute approximate surface area is 122 Å². The minimum atomic E-state index is -2.26. The molecular formula is C16H18ClF3. The minimum absolute atomic E-state index is 0.150. The van der Waals surface area contributed by atoms with Crippen LogP contribution in [0, 0.1) is 11.7 Å². The highest BCUT2D eigenvalue weighted by Crippen LogP contribution is 2.37. The number of halogens is 4. The Morgan fingerprint density at radius 1 is 1.20 bits per heavy atom. The van der Waals surface area contributed by atoms with Gasteiger partial charge in [-0.25, -0.2) is 13.2 Å². The van der Waals surface area contributed by atoms with Gasteiger partial charge < -0.3 is 0 Å². The average molecular weight is 303 g/mol. The van der Waals surface area contributed by atoms with Gasteiger partial charge in [0, 0.05) is 6.42 Å². The van der Waals surface area contributed by atoms with Crippen molar-refractivity contribution in [3.05, 3.63) is 46.8 Å². The maximum atomic E-state index is 13.4. The van der Waals surface area contributed by atoms with Gasteiger partial charge in [-0.1, -0.05) is 29.8 Å². The third kappa shape index (κ3) is 4.27. The van der Waals surface area contributed by atoms with Gasteiger partial charge in [0.2, 0.25) is 6.43 Å². The Balaban J connectivity index is 1.87. The fourth-order valence-electron chi connectivity index (χ4n) is 2.79. The van der Waals surface area contributed by atoms with Crippen LogP contribution in [0.5, 0.6) is 0 Å². The molecule has 20 heavy (non-hydrogen) atoms. The highest BCUT2D eigenvalue weighted by atomic mass is 35.5. The van der Waals surface area contributed by atoms with Crippen molar-refractivity contribution < 1.29 is 13.2 Å². The summed E-state index contributed by atoms with van der Waals surface area (Å²) in [6, 6.07) is 4.99. The van der Waals surface area contributed by atoms with Crippen LogP contribution in [0.3, 0.4) is 0 Å². The van der Waals surface area contributed by atoms with Crippen LogP contribution in [0.2, 0.25) is 5.02 Å². The van der Waals surface area contributed by atoms with Crippen molar-refractivity contribution in [1.82, 2.24) is 0 Å². The summed E-state index contributed by atoms with van der Waals surface area (Å²) in [5.41, 5.74) is 0.988. The zero-order valence-electron chi connectivity index (χ0n) is 11.2. The summed E-state index contributed by atoms with van der Waals surface area (Å²) in [7, 11) is 0. The van der Waals surface area contributed by atoms with E-state index in [9.17, 15) is 13.2 Å². The van der Waals surface area contributed by atoms with Gasteiger partial charge in [0.1, 0.15) is 5.82 Å². The third-order valence-electron chi connectivity index (χ3n) is 3.91. The normalized spacial score (nSPS) is 23.6. The van der Waals surface area contributed by atoms with Gasteiger partial charge in [0.05, 0.1) is 5.02 Å². The van der Waals surface area contributed by atoms with Crippen LogP contribution in [0.15, 0.2) is 30.4 Å². The fourth-order valence-corrected chi connectivity index (χ4v) is 2.90. The molecule has 0 aliphatic heterocycles. The molecule has 0 radical (unpaired) electrons. The minimum Gasteiger partial charge on any atom is -0.210 e. The topological polar surface area (TPSA) is 0 Å². The summed E-state index contributed by atoms with van der Waals surface area (Å²) >= 11 is 5.68. The zero-order valence-corrected chi connectivity index (χ0v) is 11.9. The molecule has 4 heteroatoms. The molecule has 0 amide bonds. The molecule has 2 rings (SSSR count). The lowest BCUT2D eigenvalue weighted by Gasteiger charge is -2.27. The first-order chi connectivity index (χ1) is 9.56. The van der Waals surface area contributed by atoms with Gasteiger partial charge in [-0.3, -0.25) is 0 Å². The number of benzene rings is 1. The van der Waals surface area contributed by atoms with Crippen LogP contribution in [-0.4, -0.2) is 6.43 Å². The van der Waals surface area contributed by atoms with E-state index in [1.807, 2.05) is 12.1 Å². The molecular weight excluding hydrogens is 285 g/mol. The number of hydrogen-bond acceptors (Lipinski definition) is 0. The Bertz CT molecular complexity index is 463. The van der Waals surface area contributed by atoms with E-state index < -0.39 is 6.43 Å². The fraction of sp³-hybridized carbons (Fsp3) is 0.500. The van der Waals surface area contributed by atoms with E-state index in [1.54, 1.807) is 12.1 Å². The second-order valence-corrected chi connectivity index (χ2v) is 5.75. The standard InChI is InChI=1S/C16H18ClF3/c17-14-9-8-13(10-15(14)18)12-6-4-11(5-7-12)2-1-3-16(19)20/h1-2,8-12,16H,3-7H2/t11-,12-. The maximum absolute atomic E-state index is 13.4. The molecule has 0 atom stereocenters. The smallest absolute Gasteiger partial charge is 0.210 e. The number of hydrogen-bond donors (Lipinski definition) is 0. The van der Waals surface area contributed by atoms with E-state index in [0.717, 1.165) is 31.2 Å². The predicted molar refractivity (Wildman–Crippen MR) is 75.9 cm³/mol. The Kier molecular flexibility index (Phi) is 5.53. The third-order valence-corrected chi connectivity index (χ3v) is 4.22. The summed E-state index contributed by atoms with van der Waals surface area (Å²) in [5.74, 6) is 0.354. The van der Waals surface area contributed by atoms with E-state index in [0.29, 0.717) is 11.8 Å². The molecule has 110 valence electrons. The molecule has 0 N–H and O–H groups in total. The molecule has 0 heterocycles. The molecule has 0 saturated heterocycles. The predicted octanol–water partition coefficient (Wildman–Crippen LogP) is 5.96. The van der Waals surface area contributed by atoms with Crippen LogP contribution in [-0.2, 0) is 0 Å². The summed E-state index contributed by atoms with van der Waals surface area (Å²) in [4.78, 5) is 0. The van der Waals surface area contributed by atoms with E-state index in [2.05, 4.69) is 0 Å². The number of alkyl halides is 2. The lowest BCUT2D eigenvalue weighted by molar-refractivity contribution is 0.152. The Morgan fingerprint density at radius 3 is 2.50 bits per heavy atom. The monoisotopic (exact) mass is 302 g/mol. The van der Waals surface area contributed by atoms with Crippen molar-refractivity contribution in [3.63, 3.8) is 0 Å². The molecule has 0 nitrogen and oxygen atoms in total. The van der Waals surface area contributed by atoms with Crippen LogP contribution in [0.25, 0.3) is 0 Å². The van der Waals surface area contributed by atoms with Crippen LogP contribution >= 0.6 is 11.6 Å². The van der Waals surface area contributed by atoms with Gasteiger partial charge in [-0.05, 0) is 55.2 Å². The molecule has 1 aromatic carbocycles. The maximum Gasteiger partial charge on any atom is 0.242 e. The molecule has 0 unspecified atom stereocenters. The second-order valence-electron chi connectivity index (χ2n) is 5.34. The van der Waals surface area contributed by atoms with E-state index in [4.69, 9.17) is 11.6 Å². The van der Waals surface area contributed by atoms with Gasteiger partial charge in [0.25, 0.3) is 0 Å². The Hall–Kier alpha value is -0.960. The van der Waals surface area contributed by atoms with E-state index in [-0.39, 0.29) is 17.3 Å². The van der Waals surface area contributed by atoms with E-state index in [1.165, 1.54) is 6.07 Å². The lowest BCUT2D eigenvalue weighted by atomic mass is 9.78. The Morgan fingerprint density at radius 2 is 1.90 bits per heavy atom. The molecule has 0 bridgehead atoms. The van der Waals surface area contributed by atoms with Crippen molar-refractivity contribution in [2.24, 2.45) is 5.92 Å². The van der Waals surface area contributed by atoms with Gasteiger partial charge in [-0.2, -0.15) is 0 Å². The molecule has 1 saturated carbocycles. The summed E-state index contributed by atoms with van der Waals surface area (Å²) in [5, 5.41) is 0.150.